The molecule has 0 radical (unpaired) electrons. The molecular formula is C9H15NO2. The molecule has 0 atom stereocenters. The molecule has 12 heavy (non-hydrogen) atoms. The molecule has 0 amide bonds. The SMILES string of the molecule is CC=CC=CCNCC(=O)OC. The van der Waals surface area contributed by atoms with Gasteiger partial charge in [0.2, 0.25) is 0 Å². The fourth-order valence-corrected chi connectivity index (χ4v) is 0.587. The smallest absolute Gasteiger partial charge is 0.319 e. The Hall–Kier alpha value is -1.09. The van der Waals surface area contributed by atoms with Gasteiger partial charge in [-0.3, -0.25) is 4.79 Å². The van der Waals surface area contributed by atoms with Gasteiger partial charge in [-0.05, 0) is 6.92 Å². The molecule has 0 aliphatic carbocycles. The number of ether oxygens (including phenoxy) is 1. The number of carbonyl (C=O) groups excluding carboxylic acids is 1. The lowest BCUT2D eigenvalue weighted by molar-refractivity contribution is -0.139. The van der Waals surface area contributed by atoms with Crippen molar-refractivity contribution in [1.29, 1.82) is 0 Å². The van der Waals surface area contributed by atoms with Crippen LogP contribution in [-0.4, -0.2) is 26.2 Å². The molecule has 0 saturated heterocycles. The molecule has 0 fully saturated rings. The Bertz CT molecular complexity index is 173. The van der Waals surface area contributed by atoms with Crippen LogP contribution in [0.5, 0.6) is 0 Å². The minimum Gasteiger partial charge on any atom is -0.468 e. The van der Waals surface area contributed by atoms with E-state index < -0.39 is 0 Å². The topological polar surface area (TPSA) is 38.3 Å². The van der Waals surface area contributed by atoms with E-state index >= 15 is 0 Å². The van der Waals surface area contributed by atoms with Gasteiger partial charge in [0.25, 0.3) is 0 Å². The van der Waals surface area contributed by atoms with Crippen LogP contribution < -0.4 is 5.32 Å². The maximum atomic E-state index is 10.6. The summed E-state index contributed by atoms with van der Waals surface area (Å²) in [5.74, 6) is -0.241. The Morgan fingerprint density at radius 2 is 2.25 bits per heavy atom. The zero-order chi connectivity index (χ0) is 9.23. The molecule has 0 bridgehead atoms. The van der Waals surface area contributed by atoms with Crippen molar-refractivity contribution < 1.29 is 9.53 Å². The summed E-state index contributed by atoms with van der Waals surface area (Å²) in [4.78, 5) is 10.6. The Labute approximate surface area is 73.1 Å². The summed E-state index contributed by atoms with van der Waals surface area (Å²) in [5.41, 5.74) is 0. The largest absolute Gasteiger partial charge is 0.468 e. The van der Waals surface area contributed by atoms with Gasteiger partial charge in [-0.15, -0.1) is 0 Å². The molecule has 0 heterocycles. The van der Waals surface area contributed by atoms with Crippen LogP contribution in [0.2, 0.25) is 0 Å². The van der Waals surface area contributed by atoms with Crippen LogP contribution in [0.1, 0.15) is 6.92 Å². The van der Waals surface area contributed by atoms with Crippen molar-refractivity contribution in [2.75, 3.05) is 20.2 Å². The van der Waals surface area contributed by atoms with Gasteiger partial charge in [-0.1, -0.05) is 24.3 Å². The van der Waals surface area contributed by atoms with Crippen LogP contribution in [0.15, 0.2) is 24.3 Å². The highest BCUT2D eigenvalue weighted by Gasteiger charge is 1.94. The molecule has 0 unspecified atom stereocenters. The van der Waals surface area contributed by atoms with Gasteiger partial charge in [-0.25, -0.2) is 0 Å². The first-order chi connectivity index (χ1) is 5.81. The van der Waals surface area contributed by atoms with Crippen molar-refractivity contribution in [2.45, 2.75) is 6.92 Å². The Morgan fingerprint density at radius 1 is 1.50 bits per heavy atom. The van der Waals surface area contributed by atoms with Gasteiger partial charge in [0.1, 0.15) is 0 Å². The van der Waals surface area contributed by atoms with E-state index in [0.717, 1.165) is 0 Å². The zero-order valence-corrected chi connectivity index (χ0v) is 7.54. The Kier molecular flexibility index (Phi) is 7.28. The van der Waals surface area contributed by atoms with Crippen LogP contribution in [0, 0.1) is 0 Å². The van der Waals surface area contributed by atoms with E-state index in [2.05, 4.69) is 10.1 Å². The first kappa shape index (κ1) is 10.9. The van der Waals surface area contributed by atoms with Gasteiger partial charge in [-0.2, -0.15) is 0 Å². The second kappa shape index (κ2) is 8.01. The third-order valence-corrected chi connectivity index (χ3v) is 1.20. The molecule has 0 aliphatic rings. The van der Waals surface area contributed by atoms with E-state index in [-0.39, 0.29) is 12.5 Å². The van der Waals surface area contributed by atoms with Gasteiger partial charge in [0.15, 0.2) is 0 Å². The molecule has 3 heteroatoms. The van der Waals surface area contributed by atoms with Crippen LogP contribution in [0.4, 0.5) is 0 Å². The number of allylic oxidation sites excluding steroid dienone is 3. The zero-order valence-electron chi connectivity index (χ0n) is 7.54. The van der Waals surface area contributed by atoms with Crippen molar-refractivity contribution in [3.05, 3.63) is 24.3 Å². The Morgan fingerprint density at radius 3 is 2.83 bits per heavy atom. The lowest BCUT2D eigenvalue weighted by Gasteiger charge is -1.97. The van der Waals surface area contributed by atoms with Crippen molar-refractivity contribution >= 4 is 5.97 Å². The fourth-order valence-electron chi connectivity index (χ4n) is 0.587. The summed E-state index contributed by atoms with van der Waals surface area (Å²) in [6, 6.07) is 0. The van der Waals surface area contributed by atoms with E-state index in [4.69, 9.17) is 0 Å². The monoisotopic (exact) mass is 169 g/mol. The molecule has 68 valence electrons. The summed E-state index contributed by atoms with van der Waals surface area (Å²) >= 11 is 0. The number of hydrogen-bond donors (Lipinski definition) is 1. The fraction of sp³-hybridized carbons (Fsp3) is 0.444. The minimum absolute atomic E-state index is 0.241. The number of methoxy groups -OCH3 is 1. The van der Waals surface area contributed by atoms with Crippen molar-refractivity contribution in [3.63, 3.8) is 0 Å². The summed E-state index contributed by atoms with van der Waals surface area (Å²) < 4.78 is 4.44. The highest BCUT2D eigenvalue weighted by molar-refractivity contribution is 5.71. The molecule has 0 spiro atoms. The molecular weight excluding hydrogens is 154 g/mol. The van der Waals surface area contributed by atoms with Crippen molar-refractivity contribution in [2.24, 2.45) is 0 Å². The lowest BCUT2D eigenvalue weighted by Crippen LogP contribution is -2.23. The van der Waals surface area contributed by atoms with Crippen LogP contribution in [-0.2, 0) is 9.53 Å². The highest BCUT2D eigenvalue weighted by atomic mass is 16.5. The minimum atomic E-state index is -0.241. The quantitative estimate of drug-likeness (QED) is 0.377. The summed E-state index contributed by atoms with van der Waals surface area (Å²) in [6.07, 6.45) is 7.73. The van der Waals surface area contributed by atoms with Gasteiger partial charge >= 0.3 is 5.97 Å². The van der Waals surface area contributed by atoms with Gasteiger partial charge in [0.05, 0.1) is 13.7 Å². The second-order valence-electron chi connectivity index (χ2n) is 2.16. The Balaban J connectivity index is 3.26. The molecule has 0 aromatic rings. The third-order valence-electron chi connectivity index (χ3n) is 1.20. The maximum absolute atomic E-state index is 10.6. The van der Waals surface area contributed by atoms with Crippen LogP contribution >= 0.6 is 0 Å². The molecule has 3 nitrogen and oxygen atoms in total. The first-order valence-electron chi connectivity index (χ1n) is 3.86. The molecule has 0 aliphatic heterocycles. The molecule has 0 aromatic heterocycles. The number of hydrogen-bond acceptors (Lipinski definition) is 3. The first-order valence-corrected chi connectivity index (χ1v) is 3.86. The van der Waals surface area contributed by atoms with E-state index in [1.807, 2.05) is 31.2 Å². The number of carbonyl (C=O) groups is 1. The molecule has 0 saturated carbocycles. The summed E-state index contributed by atoms with van der Waals surface area (Å²) in [6.45, 7) is 2.89. The average Bonchev–Trinajstić information content (AvgIpc) is 2.10. The maximum Gasteiger partial charge on any atom is 0.319 e. The summed E-state index contributed by atoms with van der Waals surface area (Å²) in [5, 5.41) is 2.90. The lowest BCUT2D eigenvalue weighted by atomic mass is 10.4. The van der Waals surface area contributed by atoms with E-state index in [9.17, 15) is 4.79 Å². The average molecular weight is 169 g/mol. The van der Waals surface area contributed by atoms with Crippen molar-refractivity contribution in [3.8, 4) is 0 Å². The number of rotatable bonds is 5. The molecule has 1 N–H and O–H groups in total. The van der Waals surface area contributed by atoms with Crippen LogP contribution in [0.3, 0.4) is 0 Å². The van der Waals surface area contributed by atoms with E-state index in [1.54, 1.807) is 0 Å². The second-order valence-corrected chi connectivity index (χ2v) is 2.16. The third kappa shape index (κ3) is 7.02. The van der Waals surface area contributed by atoms with Gasteiger partial charge in [0, 0.05) is 6.54 Å². The van der Waals surface area contributed by atoms with E-state index in [1.165, 1.54) is 7.11 Å². The highest BCUT2D eigenvalue weighted by Crippen LogP contribution is 1.75. The normalized spacial score (nSPS) is 11.2. The standard InChI is InChI=1S/C9H15NO2/c1-3-4-5-6-7-10-8-9(11)12-2/h3-6,10H,7-8H2,1-2H3. The predicted molar refractivity (Wildman–Crippen MR) is 48.8 cm³/mol. The van der Waals surface area contributed by atoms with Crippen molar-refractivity contribution in [1.82, 2.24) is 5.32 Å². The molecule has 0 aromatic carbocycles. The van der Waals surface area contributed by atoms with Crippen LogP contribution in [0.25, 0.3) is 0 Å². The summed E-state index contributed by atoms with van der Waals surface area (Å²) in [7, 11) is 1.37. The van der Waals surface area contributed by atoms with Gasteiger partial charge < -0.3 is 10.1 Å². The number of nitrogens with one attached hydrogen (secondary N) is 1. The predicted octanol–water partition coefficient (Wildman–Crippen LogP) is 0.881. The van der Waals surface area contributed by atoms with E-state index in [0.29, 0.717) is 6.54 Å². The molecule has 0 rings (SSSR count). The number of esters is 1.